The van der Waals surface area contributed by atoms with E-state index < -0.39 is 6.10 Å². The van der Waals surface area contributed by atoms with Gasteiger partial charge in [-0.1, -0.05) is 30.7 Å². The van der Waals surface area contributed by atoms with Crippen molar-refractivity contribution in [2.45, 2.75) is 32.9 Å². The van der Waals surface area contributed by atoms with E-state index in [0.29, 0.717) is 5.02 Å². The molecular weight excluding hydrogens is 328 g/mol. The van der Waals surface area contributed by atoms with Gasteiger partial charge in [0.2, 0.25) is 0 Å². The van der Waals surface area contributed by atoms with Crippen molar-refractivity contribution < 1.29 is 5.11 Å². The van der Waals surface area contributed by atoms with Crippen LogP contribution in [0.4, 0.5) is 0 Å². The molecule has 1 aromatic heterocycles. The quantitative estimate of drug-likeness (QED) is 0.907. The summed E-state index contributed by atoms with van der Waals surface area (Å²) in [4.78, 5) is 0. The van der Waals surface area contributed by atoms with E-state index in [4.69, 9.17) is 11.6 Å². The lowest BCUT2D eigenvalue weighted by atomic mass is 10.0. The number of aliphatic hydroxyl groups excluding tert-OH is 1. The molecule has 0 radical (unpaired) electrons. The molecule has 0 saturated heterocycles. The fourth-order valence-corrected chi connectivity index (χ4v) is 2.66. The number of hydrogen-bond donors (Lipinski definition) is 1. The Balaban J connectivity index is 2.40. The third kappa shape index (κ3) is 3.02. The fourth-order valence-electron chi connectivity index (χ4n) is 2.03. The molecule has 19 heavy (non-hydrogen) atoms. The second-order valence-corrected chi connectivity index (χ2v) is 5.77. The Kier molecular flexibility index (Phi) is 4.66. The lowest BCUT2D eigenvalue weighted by molar-refractivity contribution is 0.206. The molecule has 0 bridgehead atoms. The third-order valence-corrected chi connectivity index (χ3v) is 4.06. The Bertz CT molecular complexity index is 583. The van der Waals surface area contributed by atoms with Crippen LogP contribution in [0.25, 0.3) is 0 Å². The van der Waals surface area contributed by atoms with Crippen molar-refractivity contribution in [3.8, 4) is 0 Å². The predicted octanol–water partition coefficient (Wildman–Crippen LogP) is 4.10. The zero-order valence-corrected chi connectivity index (χ0v) is 13.2. The first-order valence-corrected chi connectivity index (χ1v) is 7.37. The van der Waals surface area contributed by atoms with Crippen LogP contribution in [0.15, 0.2) is 28.9 Å². The molecule has 1 N–H and O–H groups in total. The minimum absolute atomic E-state index is 0.706. The van der Waals surface area contributed by atoms with Gasteiger partial charge in [0.05, 0.1) is 16.4 Å². The van der Waals surface area contributed by atoms with E-state index in [9.17, 15) is 5.11 Å². The van der Waals surface area contributed by atoms with Gasteiger partial charge in [-0.2, -0.15) is 5.10 Å². The van der Waals surface area contributed by atoms with Crippen molar-refractivity contribution in [3.05, 3.63) is 50.7 Å². The van der Waals surface area contributed by atoms with Gasteiger partial charge in [-0.15, -0.1) is 0 Å². The zero-order chi connectivity index (χ0) is 14.0. The number of nitrogens with zero attached hydrogens (tertiary/aromatic N) is 2. The molecule has 0 aliphatic carbocycles. The van der Waals surface area contributed by atoms with Crippen LogP contribution in [0.5, 0.6) is 0 Å². The maximum atomic E-state index is 10.6. The summed E-state index contributed by atoms with van der Waals surface area (Å²) in [7, 11) is 0. The first-order valence-electron chi connectivity index (χ1n) is 6.20. The van der Waals surface area contributed by atoms with Crippen molar-refractivity contribution in [2.75, 3.05) is 0 Å². The molecule has 5 heteroatoms. The van der Waals surface area contributed by atoms with Crippen LogP contribution in [0, 0.1) is 6.92 Å². The van der Waals surface area contributed by atoms with E-state index in [2.05, 4.69) is 28.0 Å². The van der Waals surface area contributed by atoms with Gasteiger partial charge in [-0.3, -0.25) is 4.68 Å². The van der Waals surface area contributed by atoms with Gasteiger partial charge < -0.3 is 5.11 Å². The maximum absolute atomic E-state index is 10.6. The molecule has 2 rings (SSSR count). The molecule has 0 fully saturated rings. The van der Waals surface area contributed by atoms with Gasteiger partial charge in [-0.05, 0) is 46.5 Å². The average Bonchev–Trinajstić information content (AvgIpc) is 2.74. The molecule has 0 saturated carbocycles. The Morgan fingerprint density at radius 2 is 2.21 bits per heavy atom. The van der Waals surface area contributed by atoms with Crippen molar-refractivity contribution in [1.29, 1.82) is 0 Å². The van der Waals surface area contributed by atoms with Gasteiger partial charge in [0.25, 0.3) is 0 Å². The van der Waals surface area contributed by atoms with E-state index in [0.717, 1.165) is 34.3 Å². The van der Waals surface area contributed by atoms with Gasteiger partial charge in [0, 0.05) is 11.6 Å². The van der Waals surface area contributed by atoms with Crippen LogP contribution < -0.4 is 0 Å². The number of aromatic nitrogens is 2. The highest BCUT2D eigenvalue weighted by Crippen LogP contribution is 2.30. The van der Waals surface area contributed by atoms with E-state index in [1.54, 1.807) is 6.20 Å². The normalized spacial score (nSPS) is 12.7. The monoisotopic (exact) mass is 342 g/mol. The Morgan fingerprint density at radius 1 is 1.47 bits per heavy atom. The Morgan fingerprint density at radius 3 is 2.84 bits per heavy atom. The van der Waals surface area contributed by atoms with Crippen molar-refractivity contribution in [3.63, 3.8) is 0 Å². The summed E-state index contributed by atoms with van der Waals surface area (Å²) in [5.74, 6) is 0. The summed E-state index contributed by atoms with van der Waals surface area (Å²) in [5.41, 5.74) is 2.56. The number of aryl methyl sites for hydroxylation is 2. The molecule has 1 unspecified atom stereocenters. The minimum atomic E-state index is -0.709. The van der Waals surface area contributed by atoms with E-state index >= 15 is 0 Å². The largest absolute Gasteiger partial charge is 0.382 e. The smallest absolute Gasteiger partial charge is 0.122 e. The molecule has 1 heterocycles. The lowest BCUT2D eigenvalue weighted by Gasteiger charge is -2.15. The summed E-state index contributed by atoms with van der Waals surface area (Å²) in [6.07, 6.45) is 1.98. The fraction of sp³-hybridized carbons (Fsp3) is 0.357. The number of halogens is 2. The average molecular weight is 344 g/mol. The van der Waals surface area contributed by atoms with Crippen LogP contribution in [-0.2, 0) is 6.54 Å². The number of benzene rings is 1. The van der Waals surface area contributed by atoms with Crippen LogP contribution >= 0.6 is 27.5 Å². The lowest BCUT2D eigenvalue weighted by Crippen LogP contribution is -2.10. The Hall–Kier alpha value is -0.840. The van der Waals surface area contributed by atoms with Crippen molar-refractivity contribution in [2.24, 2.45) is 0 Å². The van der Waals surface area contributed by atoms with Crippen molar-refractivity contribution in [1.82, 2.24) is 9.78 Å². The molecular formula is C14H16BrClN2O. The van der Waals surface area contributed by atoms with Crippen molar-refractivity contribution >= 4 is 27.5 Å². The highest BCUT2D eigenvalue weighted by atomic mass is 79.9. The summed E-state index contributed by atoms with van der Waals surface area (Å²) < 4.78 is 2.65. The molecule has 0 spiro atoms. The van der Waals surface area contributed by atoms with Gasteiger partial charge in [-0.25, -0.2) is 0 Å². The second-order valence-electron chi connectivity index (χ2n) is 4.51. The van der Waals surface area contributed by atoms with Gasteiger partial charge >= 0.3 is 0 Å². The summed E-state index contributed by atoms with van der Waals surface area (Å²) in [5, 5.41) is 15.5. The number of aliphatic hydroxyl groups is 1. The van der Waals surface area contributed by atoms with Crippen LogP contribution in [0.1, 0.15) is 36.3 Å². The zero-order valence-electron chi connectivity index (χ0n) is 10.9. The molecule has 1 atom stereocenters. The van der Waals surface area contributed by atoms with Gasteiger partial charge in [0.15, 0.2) is 0 Å². The number of hydrogen-bond acceptors (Lipinski definition) is 2. The topological polar surface area (TPSA) is 38.0 Å². The minimum Gasteiger partial charge on any atom is -0.382 e. The maximum Gasteiger partial charge on any atom is 0.122 e. The highest BCUT2D eigenvalue weighted by Gasteiger charge is 2.19. The molecule has 1 aromatic carbocycles. The standard InChI is InChI=1S/C14H16BrClN2O/c1-3-6-18-13(11(15)8-17-18)14(19)10-4-5-12(16)9(2)7-10/h4-5,7-8,14,19H,3,6H2,1-2H3. The van der Waals surface area contributed by atoms with Crippen LogP contribution in [-0.4, -0.2) is 14.9 Å². The molecule has 102 valence electrons. The van der Waals surface area contributed by atoms with E-state index in [1.165, 1.54) is 0 Å². The van der Waals surface area contributed by atoms with E-state index in [-0.39, 0.29) is 0 Å². The second kappa shape index (κ2) is 6.07. The molecule has 3 nitrogen and oxygen atoms in total. The van der Waals surface area contributed by atoms with Crippen LogP contribution in [0.2, 0.25) is 5.02 Å². The van der Waals surface area contributed by atoms with Gasteiger partial charge in [0.1, 0.15) is 6.10 Å². The highest BCUT2D eigenvalue weighted by molar-refractivity contribution is 9.10. The van der Waals surface area contributed by atoms with Crippen LogP contribution in [0.3, 0.4) is 0 Å². The molecule has 0 amide bonds. The first-order chi connectivity index (χ1) is 9.04. The number of rotatable bonds is 4. The molecule has 0 aliphatic rings. The SMILES string of the molecule is CCCn1ncc(Br)c1C(O)c1ccc(Cl)c(C)c1. The summed E-state index contributed by atoms with van der Waals surface area (Å²) >= 11 is 9.46. The summed E-state index contributed by atoms with van der Waals surface area (Å²) in [6.45, 7) is 4.79. The third-order valence-electron chi connectivity index (χ3n) is 3.03. The Labute approximate surface area is 126 Å². The predicted molar refractivity (Wildman–Crippen MR) is 80.5 cm³/mol. The van der Waals surface area contributed by atoms with E-state index in [1.807, 2.05) is 29.8 Å². The first kappa shape index (κ1) is 14.6. The molecule has 2 aromatic rings. The summed E-state index contributed by atoms with van der Waals surface area (Å²) in [6, 6.07) is 5.56. The molecule has 0 aliphatic heterocycles.